The maximum absolute atomic E-state index is 13.1. The van der Waals surface area contributed by atoms with E-state index >= 15 is 0 Å². The molecule has 3 aromatic rings. The van der Waals surface area contributed by atoms with Crippen molar-refractivity contribution in [3.05, 3.63) is 76.2 Å². The van der Waals surface area contributed by atoms with Crippen LogP contribution in [0.4, 0.5) is 5.00 Å². The first-order valence-electron chi connectivity index (χ1n) is 10.8. The Bertz CT molecular complexity index is 1110. The molecule has 0 bridgehead atoms. The molecule has 0 spiro atoms. The Morgan fingerprint density at radius 2 is 1.66 bits per heavy atom. The molecule has 166 valence electrons. The number of aryl methyl sites for hydroxylation is 1. The van der Waals surface area contributed by atoms with E-state index in [4.69, 9.17) is 4.74 Å². The fourth-order valence-corrected chi connectivity index (χ4v) is 5.11. The molecule has 0 aliphatic heterocycles. The van der Waals surface area contributed by atoms with Gasteiger partial charge in [0.1, 0.15) is 16.5 Å². The number of hydrogen-bond donors (Lipinski definition) is 2. The fraction of sp³-hybridized carbons (Fsp3) is 0.280. The van der Waals surface area contributed by atoms with Gasteiger partial charge in [0.05, 0.1) is 5.56 Å². The number of para-hydroxylation sites is 1. The van der Waals surface area contributed by atoms with Crippen molar-refractivity contribution in [2.24, 2.45) is 0 Å². The van der Waals surface area contributed by atoms with E-state index in [0.29, 0.717) is 27.6 Å². The first-order chi connectivity index (χ1) is 15.5. The number of hydrazine groups is 1. The molecule has 0 atom stereocenters. The van der Waals surface area contributed by atoms with Gasteiger partial charge in [0.2, 0.25) is 0 Å². The monoisotopic (exact) mass is 449 g/mol. The van der Waals surface area contributed by atoms with Crippen molar-refractivity contribution in [3.63, 3.8) is 0 Å². The van der Waals surface area contributed by atoms with E-state index in [9.17, 15) is 9.59 Å². The van der Waals surface area contributed by atoms with Gasteiger partial charge in [-0.3, -0.25) is 15.0 Å². The molecular weight excluding hydrogens is 422 g/mol. The first-order valence-corrected chi connectivity index (χ1v) is 11.6. The second kappa shape index (κ2) is 9.97. The number of benzene rings is 2. The molecule has 0 fully saturated rings. The molecule has 4 rings (SSSR count). The quantitative estimate of drug-likeness (QED) is 0.397. The lowest BCUT2D eigenvalue weighted by Gasteiger charge is -2.14. The zero-order chi connectivity index (χ0) is 22.5. The molecule has 1 aliphatic rings. The minimum absolute atomic E-state index is 0.189. The Kier molecular flexibility index (Phi) is 6.87. The molecule has 0 radical (unpaired) electrons. The Labute approximate surface area is 192 Å². The van der Waals surface area contributed by atoms with Gasteiger partial charge in [-0.15, -0.1) is 11.3 Å². The highest BCUT2D eigenvalue weighted by Crippen LogP contribution is 2.38. The lowest BCUT2D eigenvalue weighted by atomic mass is 10.0. The lowest BCUT2D eigenvalue weighted by Crippen LogP contribution is -2.36. The van der Waals surface area contributed by atoms with E-state index in [0.717, 1.165) is 37.7 Å². The van der Waals surface area contributed by atoms with Gasteiger partial charge in [-0.1, -0.05) is 30.7 Å². The van der Waals surface area contributed by atoms with E-state index in [1.807, 2.05) is 36.4 Å². The van der Waals surface area contributed by atoms with Crippen molar-refractivity contribution in [3.8, 4) is 11.5 Å². The van der Waals surface area contributed by atoms with Gasteiger partial charge < -0.3 is 10.1 Å². The predicted octanol–water partition coefficient (Wildman–Crippen LogP) is 5.27. The molecule has 1 heterocycles. The Hall–Kier alpha value is -3.16. The number of ether oxygens (including phenoxy) is 1. The summed E-state index contributed by atoms with van der Waals surface area (Å²) in [4.78, 5) is 27.3. The number of nitrogens with one attached hydrogen (secondary N) is 2. The number of amides is 2. The molecule has 2 N–H and O–H groups in total. The largest absolute Gasteiger partial charge is 0.457 e. The molecule has 1 aliphatic carbocycles. The third-order valence-electron chi connectivity index (χ3n) is 5.28. The van der Waals surface area contributed by atoms with Crippen molar-refractivity contribution in [1.82, 2.24) is 10.4 Å². The average Bonchev–Trinajstić information content (AvgIpc) is 2.94. The predicted molar refractivity (Wildman–Crippen MR) is 128 cm³/mol. The number of thiophene rings is 1. The standard InChI is InChI=1S/C25H27N3O3S/c1-28(2)27-24(30)22-20-14-7-4-8-15-21(20)32-25(22)26-23(29)17-10-9-13-19(16-17)31-18-11-5-3-6-12-18/h3,5-6,9-13,16H,4,7-8,14-15H2,1-2H3,(H,26,29)(H,27,30). The molecule has 0 saturated heterocycles. The van der Waals surface area contributed by atoms with Gasteiger partial charge in [-0.2, -0.15) is 0 Å². The maximum Gasteiger partial charge on any atom is 0.268 e. The number of carbonyl (C=O) groups excluding carboxylic acids is 2. The van der Waals surface area contributed by atoms with Crippen LogP contribution in [0.3, 0.4) is 0 Å². The van der Waals surface area contributed by atoms with Crippen LogP contribution in [-0.4, -0.2) is 30.9 Å². The molecule has 32 heavy (non-hydrogen) atoms. The minimum Gasteiger partial charge on any atom is -0.457 e. The van der Waals surface area contributed by atoms with Crippen LogP contribution in [0, 0.1) is 0 Å². The van der Waals surface area contributed by atoms with Gasteiger partial charge >= 0.3 is 0 Å². The SMILES string of the molecule is CN(C)NC(=O)c1c(NC(=O)c2cccc(Oc3ccccc3)c2)sc2c1CCCCC2. The number of rotatable bonds is 6. The average molecular weight is 450 g/mol. The van der Waals surface area contributed by atoms with Gasteiger partial charge in [0.25, 0.3) is 11.8 Å². The van der Waals surface area contributed by atoms with Crippen LogP contribution in [0.1, 0.15) is 50.4 Å². The molecule has 0 unspecified atom stereocenters. The van der Waals surface area contributed by atoms with Crippen LogP contribution >= 0.6 is 11.3 Å². The Morgan fingerprint density at radius 1 is 0.906 bits per heavy atom. The number of carbonyl (C=O) groups is 2. The normalized spacial score (nSPS) is 13.2. The zero-order valence-electron chi connectivity index (χ0n) is 18.3. The summed E-state index contributed by atoms with van der Waals surface area (Å²) in [6.45, 7) is 0. The summed E-state index contributed by atoms with van der Waals surface area (Å²) in [7, 11) is 3.55. The minimum atomic E-state index is -0.265. The summed E-state index contributed by atoms with van der Waals surface area (Å²) in [5.41, 5.74) is 4.97. The second-order valence-corrected chi connectivity index (χ2v) is 9.11. The van der Waals surface area contributed by atoms with Crippen LogP contribution < -0.4 is 15.5 Å². The van der Waals surface area contributed by atoms with Crippen LogP contribution in [0.15, 0.2) is 54.6 Å². The highest BCUT2D eigenvalue weighted by Gasteiger charge is 2.26. The third kappa shape index (κ3) is 5.18. The number of nitrogens with zero attached hydrogens (tertiary/aromatic N) is 1. The molecule has 2 aromatic carbocycles. The van der Waals surface area contributed by atoms with E-state index in [1.165, 1.54) is 16.2 Å². The summed E-state index contributed by atoms with van der Waals surface area (Å²) in [5.74, 6) is 0.829. The summed E-state index contributed by atoms with van der Waals surface area (Å²) in [5, 5.41) is 5.23. The number of hydrogen-bond acceptors (Lipinski definition) is 5. The zero-order valence-corrected chi connectivity index (χ0v) is 19.1. The summed E-state index contributed by atoms with van der Waals surface area (Å²) in [6, 6.07) is 16.5. The highest BCUT2D eigenvalue weighted by atomic mass is 32.1. The van der Waals surface area contributed by atoms with Gasteiger partial charge in [0.15, 0.2) is 0 Å². The summed E-state index contributed by atoms with van der Waals surface area (Å²) >= 11 is 1.52. The lowest BCUT2D eigenvalue weighted by molar-refractivity contribution is 0.0857. The van der Waals surface area contributed by atoms with Crippen molar-refractivity contribution >= 4 is 28.2 Å². The van der Waals surface area contributed by atoms with Crippen molar-refractivity contribution < 1.29 is 14.3 Å². The fourth-order valence-electron chi connectivity index (χ4n) is 3.83. The highest BCUT2D eigenvalue weighted by molar-refractivity contribution is 7.17. The van der Waals surface area contributed by atoms with Crippen LogP contribution in [-0.2, 0) is 12.8 Å². The van der Waals surface area contributed by atoms with Crippen LogP contribution in [0.2, 0.25) is 0 Å². The Morgan fingerprint density at radius 3 is 2.44 bits per heavy atom. The summed E-state index contributed by atoms with van der Waals surface area (Å²) < 4.78 is 5.86. The summed E-state index contributed by atoms with van der Waals surface area (Å²) in [6.07, 6.45) is 5.12. The van der Waals surface area contributed by atoms with E-state index in [1.54, 1.807) is 37.3 Å². The molecule has 2 amide bonds. The topological polar surface area (TPSA) is 70.7 Å². The van der Waals surface area contributed by atoms with Crippen LogP contribution in [0.5, 0.6) is 11.5 Å². The van der Waals surface area contributed by atoms with Gasteiger partial charge in [-0.25, -0.2) is 5.01 Å². The molecule has 6 nitrogen and oxygen atoms in total. The smallest absolute Gasteiger partial charge is 0.268 e. The van der Waals surface area contributed by atoms with Crippen molar-refractivity contribution in [2.75, 3.05) is 19.4 Å². The third-order valence-corrected chi connectivity index (χ3v) is 6.48. The van der Waals surface area contributed by atoms with Gasteiger partial charge in [-0.05, 0) is 61.6 Å². The van der Waals surface area contributed by atoms with E-state index in [2.05, 4.69) is 10.7 Å². The number of fused-ring (bicyclic) bond motifs is 1. The van der Waals surface area contributed by atoms with E-state index in [-0.39, 0.29) is 11.8 Å². The van der Waals surface area contributed by atoms with E-state index < -0.39 is 0 Å². The van der Waals surface area contributed by atoms with Crippen LogP contribution in [0.25, 0.3) is 0 Å². The molecule has 7 heteroatoms. The second-order valence-electron chi connectivity index (χ2n) is 8.00. The molecule has 1 aromatic heterocycles. The Balaban J connectivity index is 1.59. The van der Waals surface area contributed by atoms with Gasteiger partial charge in [0, 0.05) is 24.5 Å². The van der Waals surface area contributed by atoms with Crippen molar-refractivity contribution in [1.29, 1.82) is 0 Å². The number of anilines is 1. The van der Waals surface area contributed by atoms with Crippen molar-refractivity contribution in [2.45, 2.75) is 32.1 Å². The maximum atomic E-state index is 13.1. The molecular formula is C25H27N3O3S. The first kappa shape index (κ1) is 22.0. The molecule has 0 saturated carbocycles.